The van der Waals surface area contributed by atoms with Crippen molar-refractivity contribution in [3.05, 3.63) is 0 Å². The zero-order chi connectivity index (χ0) is 9.31. The Morgan fingerprint density at radius 1 is 1.54 bits per heavy atom. The lowest BCUT2D eigenvalue weighted by molar-refractivity contribution is 0.138. The van der Waals surface area contributed by atoms with E-state index in [9.17, 15) is 4.79 Å². The Kier molecular flexibility index (Phi) is 2.18. The number of rotatable bonds is 2. The molecule has 74 valence electrons. The van der Waals surface area contributed by atoms with Crippen LogP contribution in [0, 0.1) is 5.92 Å². The number of fused-ring (bicyclic) bond motifs is 2. The minimum Gasteiger partial charge on any atom is -0.450 e. The van der Waals surface area contributed by atoms with Gasteiger partial charge < -0.3 is 10.1 Å². The Balaban J connectivity index is 1.90. The number of ether oxygens (including phenoxy) is 1. The molecular formula is C10H17NO2. The van der Waals surface area contributed by atoms with Gasteiger partial charge in [0.25, 0.3) is 0 Å². The first kappa shape index (κ1) is 8.85. The van der Waals surface area contributed by atoms with Crippen LogP contribution in [-0.4, -0.2) is 18.2 Å². The Hall–Kier alpha value is -0.730. The van der Waals surface area contributed by atoms with E-state index in [4.69, 9.17) is 4.74 Å². The van der Waals surface area contributed by atoms with Crippen LogP contribution in [0.3, 0.4) is 0 Å². The number of carbonyl (C=O) groups excluding carboxylic acids is 1. The highest BCUT2D eigenvalue weighted by molar-refractivity contribution is 5.68. The van der Waals surface area contributed by atoms with E-state index in [1.807, 2.05) is 6.92 Å². The lowest BCUT2D eigenvalue weighted by atomic mass is 9.94. The first-order valence-electron chi connectivity index (χ1n) is 5.19. The molecule has 2 saturated carbocycles. The molecule has 0 aliphatic heterocycles. The van der Waals surface area contributed by atoms with Crippen molar-refractivity contribution in [1.82, 2.24) is 5.32 Å². The lowest BCUT2D eigenvalue weighted by Crippen LogP contribution is -2.45. The highest BCUT2D eigenvalue weighted by Crippen LogP contribution is 2.47. The van der Waals surface area contributed by atoms with Gasteiger partial charge in [-0.1, -0.05) is 0 Å². The van der Waals surface area contributed by atoms with Crippen molar-refractivity contribution >= 4 is 6.09 Å². The van der Waals surface area contributed by atoms with Crippen molar-refractivity contribution in [2.75, 3.05) is 6.61 Å². The Morgan fingerprint density at radius 3 is 2.69 bits per heavy atom. The molecule has 0 heterocycles. The number of nitrogens with one attached hydrogen (secondary N) is 1. The molecule has 0 aromatic carbocycles. The van der Waals surface area contributed by atoms with Gasteiger partial charge in [-0.3, -0.25) is 0 Å². The molecule has 13 heavy (non-hydrogen) atoms. The predicted octanol–water partition coefficient (Wildman–Crippen LogP) is 2.07. The van der Waals surface area contributed by atoms with Crippen LogP contribution in [0.5, 0.6) is 0 Å². The third-order valence-electron chi connectivity index (χ3n) is 3.38. The van der Waals surface area contributed by atoms with Gasteiger partial charge in [-0.2, -0.15) is 0 Å². The third kappa shape index (κ3) is 1.64. The number of amides is 1. The van der Waals surface area contributed by atoms with Crippen molar-refractivity contribution in [3.8, 4) is 0 Å². The second-order valence-electron chi connectivity index (χ2n) is 4.27. The van der Waals surface area contributed by atoms with Gasteiger partial charge in [-0.25, -0.2) is 4.79 Å². The van der Waals surface area contributed by atoms with Crippen LogP contribution >= 0.6 is 0 Å². The van der Waals surface area contributed by atoms with Crippen molar-refractivity contribution in [2.45, 2.75) is 44.6 Å². The molecule has 2 aliphatic carbocycles. The summed E-state index contributed by atoms with van der Waals surface area (Å²) in [7, 11) is 0. The van der Waals surface area contributed by atoms with Gasteiger partial charge in [-0.15, -0.1) is 0 Å². The van der Waals surface area contributed by atoms with E-state index >= 15 is 0 Å². The fourth-order valence-corrected chi connectivity index (χ4v) is 2.75. The number of carbonyl (C=O) groups is 1. The van der Waals surface area contributed by atoms with Gasteiger partial charge in [0, 0.05) is 5.54 Å². The number of alkyl carbamates (subject to hydrolysis) is 1. The molecule has 1 amide bonds. The fourth-order valence-electron chi connectivity index (χ4n) is 2.75. The minimum atomic E-state index is -0.231. The van der Waals surface area contributed by atoms with Crippen LogP contribution in [0.2, 0.25) is 0 Å². The van der Waals surface area contributed by atoms with Crippen LogP contribution in [0.4, 0.5) is 4.79 Å². The van der Waals surface area contributed by atoms with Crippen molar-refractivity contribution in [1.29, 1.82) is 0 Å². The fraction of sp³-hybridized carbons (Fsp3) is 0.900. The molecule has 0 atom stereocenters. The molecule has 2 fully saturated rings. The maximum Gasteiger partial charge on any atom is 0.407 e. The van der Waals surface area contributed by atoms with Crippen LogP contribution in [0.15, 0.2) is 0 Å². The Bertz CT molecular complexity index is 207. The molecule has 0 spiro atoms. The summed E-state index contributed by atoms with van der Waals surface area (Å²) < 4.78 is 4.90. The monoisotopic (exact) mass is 183 g/mol. The molecule has 2 aliphatic rings. The topological polar surface area (TPSA) is 38.3 Å². The van der Waals surface area contributed by atoms with Gasteiger partial charge >= 0.3 is 6.09 Å². The molecule has 0 aromatic heterocycles. The van der Waals surface area contributed by atoms with E-state index in [-0.39, 0.29) is 11.6 Å². The summed E-state index contributed by atoms with van der Waals surface area (Å²) in [6.07, 6.45) is 5.81. The molecule has 2 bridgehead atoms. The average Bonchev–Trinajstić information content (AvgIpc) is 2.63. The molecule has 0 saturated heterocycles. The second kappa shape index (κ2) is 3.20. The van der Waals surface area contributed by atoms with Crippen LogP contribution < -0.4 is 5.32 Å². The van der Waals surface area contributed by atoms with Gasteiger partial charge in [0.15, 0.2) is 0 Å². The van der Waals surface area contributed by atoms with Gasteiger partial charge in [0.05, 0.1) is 6.61 Å². The van der Waals surface area contributed by atoms with E-state index in [0.717, 1.165) is 18.8 Å². The molecule has 0 unspecified atom stereocenters. The van der Waals surface area contributed by atoms with E-state index in [0.29, 0.717) is 6.61 Å². The van der Waals surface area contributed by atoms with Crippen molar-refractivity contribution in [3.63, 3.8) is 0 Å². The molecule has 3 nitrogen and oxygen atoms in total. The standard InChI is InChI=1S/C10H17NO2/c1-2-13-9(12)11-10-5-3-8(7-10)4-6-10/h8H,2-7H2,1H3,(H,11,12). The summed E-state index contributed by atoms with van der Waals surface area (Å²) in [6, 6.07) is 0. The lowest BCUT2D eigenvalue weighted by Gasteiger charge is -2.27. The van der Waals surface area contributed by atoms with Crippen LogP contribution in [0.1, 0.15) is 39.0 Å². The zero-order valence-corrected chi connectivity index (χ0v) is 8.14. The SMILES string of the molecule is CCOC(=O)NC12CCC(CC1)C2. The van der Waals surface area contributed by atoms with Gasteiger partial charge in [0.1, 0.15) is 0 Å². The quantitative estimate of drug-likeness (QED) is 0.711. The summed E-state index contributed by atoms with van der Waals surface area (Å²) in [4.78, 5) is 11.2. The summed E-state index contributed by atoms with van der Waals surface area (Å²) in [5, 5.41) is 3.02. The maximum atomic E-state index is 11.2. The highest BCUT2D eigenvalue weighted by Gasteiger charge is 2.45. The predicted molar refractivity (Wildman–Crippen MR) is 49.5 cm³/mol. The smallest absolute Gasteiger partial charge is 0.407 e. The summed E-state index contributed by atoms with van der Waals surface area (Å²) in [5.41, 5.74) is 0.108. The normalized spacial score (nSPS) is 36.2. The molecule has 2 rings (SSSR count). The Morgan fingerprint density at radius 2 is 2.23 bits per heavy atom. The van der Waals surface area contributed by atoms with Crippen LogP contribution in [0.25, 0.3) is 0 Å². The molecule has 0 aromatic rings. The first-order valence-corrected chi connectivity index (χ1v) is 5.19. The minimum absolute atomic E-state index is 0.108. The van der Waals surface area contributed by atoms with Gasteiger partial charge in [0.2, 0.25) is 0 Å². The largest absolute Gasteiger partial charge is 0.450 e. The van der Waals surface area contributed by atoms with Crippen molar-refractivity contribution in [2.24, 2.45) is 5.92 Å². The zero-order valence-electron chi connectivity index (χ0n) is 8.14. The molecule has 0 radical (unpaired) electrons. The van der Waals surface area contributed by atoms with Crippen molar-refractivity contribution < 1.29 is 9.53 Å². The highest BCUT2D eigenvalue weighted by atomic mass is 16.5. The van der Waals surface area contributed by atoms with Crippen LogP contribution in [-0.2, 0) is 4.74 Å². The third-order valence-corrected chi connectivity index (χ3v) is 3.38. The Labute approximate surface area is 78.8 Å². The summed E-state index contributed by atoms with van der Waals surface area (Å²) >= 11 is 0. The molecular weight excluding hydrogens is 166 g/mol. The second-order valence-corrected chi connectivity index (χ2v) is 4.27. The molecule has 3 heteroatoms. The summed E-state index contributed by atoms with van der Waals surface area (Å²) in [5.74, 6) is 0.863. The van der Waals surface area contributed by atoms with E-state index < -0.39 is 0 Å². The van der Waals surface area contributed by atoms with Gasteiger partial charge in [-0.05, 0) is 44.9 Å². The number of hydrogen-bond donors (Lipinski definition) is 1. The van der Waals surface area contributed by atoms with E-state index in [1.54, 1.807) is 0 Å². The molecule has 1 N–H and O–H groups in total. The van der Waals surface area contributed by atoms with E-state index in [2.05, 4.69) is 5.32 Å². The average molecular weight is 183 g/mol. The van der Waals surface area contributed by atoms with E-state index in [1.165, 1.54) is 19.3 Å². The summed E-state index contributed by atoms with van der Waals surface area (Å²) in [6.45, 7) is 2.30. The maximum absolute atomic E-state index is 11.2. The first-order chi connectivity index (χ1) is 6.24. The number of hydrogen-bond acceptors (Lipinski definition) is 2.